The van der Waals surface area contributed by atoms with Gasteiger partial charge in [-0.25, -0.2) is 4.39 Å². The zero-order chi connectivity index (χ0) is 15.6. The predicted octanol–water partition coefficient (Wildman–Crippen LogP) is 5.46. The molecule has 0 saturated carbocycles. The van der Waals surface area contributed by atoms with E-state index in [1.54, 1.807) is 31.7 Å². The number of rotatable bonds is 4. The van der Waals surface area contributed by atoms with Crippen molar-refractivity contribution in [1.82, 2.24) is 0 Å². The summed E-state index contributed by atoms with van der Waals surface area (Å²) >= 11 is 1.56. The summed E-state index contributed by atoms with van der Waals surface area (Å²) in [5.74, 6) is 0.232. The first-order valence-corrected chi connectivity index (χ1v) is 7.96. The van der Waals surface area contributed by atoms with Crippen molar-refractivity contribution < 1.29 is 9.50 Å². The third-order valence-corrected chi connectivity index (χ3v) is 4.60. The second kappa shape index (κ2) is 6.63. The highest BCUT2D eigenvalue weighted by atomic mass is 32.2. The van der Waals surface area contributed by atoms with Crippen LogP contribution in [0.4, 0.5) is 4.39 Å². The number of halogens is 1. The second-order valence-electron chi connectivity index (χ2n) is 5.64. The molecule has 0 aliphatic carbocycles. The molecule has 0 unspecified atom stereocenters. The Hall–Kier alpha value is -1.32. The fourth-order valence-electron chi connectivity index (χ4n) is 2.13. The molecule has 0 radical (unpaired) electrons. The van der Waals surface area contributed by atoms with Gasteiger partial charge in [0.15, 0.2) is 0 Å². The molecule has 0 spiro atoms. The maximum atomic E-state index is 13.7. The molecule has 1 nitrogen and oxygen atoms in total. The molecular weight excluding hydrogens is 283 g/mol. The molecule has 112 valence electrons. The predicted molar refractivity (Wildman–Crippen MR) is 86.4 cm³/mol. The summed E-state index contributed by atoms with van der Waals surface area (Å²) in [4.78, 5) is 1.99. The molecular formula is C18H21FOS. The average molecular weight is 304 g/mol. The topological polar surface area (TPSA) is 20.2 Å². The molecule has 2 aromatic rings. The Balaban J connectivity index is 2.32. The zero-order valence-corrected chi connectivity index (χ0v) is 13.7. The maximum Gasteiger partial charge on any atom is 0.126 e. The van der Waals surface area contributed by atoms with Gasteiger partial charge in [0.05, 0.1) is 6.10 Å². The lowest BCUT2D eigenvalue weighted by atomic mass is 10.0. The van der Waals surface area contributed by atoms with Gasteiger partial charge in [-0.3, -0.25) is 0 Å². The van der Waals surface area contributed by atoms with Gasteiger partial charge >= 0.3 is 0 Å². The lowest BCUT2D eigenvalue weighted by molar-refractivity contribution is 0.196. The molecule has 0 saturated heterocycles. The van der Waals surface area contributed by atoms with Crippen LogP contribution in [0, 0.1) is 12.7 Å². The highest BCUT2D eigenvalue weighted by Gasteiger charge is 2.13. The fraction of sp³-hybridized carbons (Fsp3) is 0.333. The number of aliphatic hydroxyl groups excluding tert-OH is 1. The van der Waals surface area contributed by atoms with Gasteiger partial charge in [0, 0.05) is 9.79 Å². The largest absolute Gasteiger partial charge is 0.389 e. The van der Waals surface area contributed by atoms with Gasteiger partial charge in [-0.2, -0.15) is 0 Å². The minimum atomic E-state index is -0.683. The first kappa shape index (κ1) is 16.1. The van der Waals surface area contributed by atoms with Crippen LogP contribution in [0.25, 0.3) is 0 Å². The van der Waals surface area contributed by atoms with E-state index in [1.807, 2.05) is 0 Å². The first-order valence-electron chi connectivity index (χ1n) is 7.14. The molecule has 1 N–H and O–H groups in total. The highest BCUT2D eigenvalue weighted by Crippen LogP contribution is 2.35. The average Bonchev–Trinajstić information content (AvgIpc) is 2.43. The summed E-state index contributed by atoms with van der Waals surface area (Å²) in [5.41, 5.74) is 2.53. The van der Waals surface area contributed by atoms with E-state index in [2.05, 4.69) is 38.1 Å². The molecule has 0 amide bonds. The van der Waals surface area contributed by atoms with Crippen molar-refractivity contribution in [3.8, 4) is 0 Å². The summed E-state index contributed by atoms with van der Waals surface area (Å²) in [5, 5.41) is 9.83. The third-order valence-electron chi connectivity index (χ3n) is 3.52. The van der Waals surface area contributed by atoms with Crippen molar-refractivity contribution in [2.24, 2.45) is 0 Å². The Kier molecular flexibility index (Phi) is 5.07. The van der Waals surface area contributed by atoms with Gasteiger partial charge in [0.2, 0.25) is 0 Å². The van der Waals surface area contributed by atoms with E-state index < -0.39 is 6.10 Å². The van der Waals surface area contributed by atoms with E-state index in [1.165, 1.54) is 11.6 Å². The Labute approximate surface area is 130 Å². The van der Waals surface area contributed by atoms with E-state index in [9.17, 15) is 9.50 Å². The molecule has 2 aromatic carbocycles. The number of benzene rings is 2. The van der Waals surface area contributed by atoms with Crippen LogP contribution in [-0.2, 0) is 0 Å². The Morgan fingerprint density at radius 3 is 2.19 bits per heavy atom. The number of aryl methyl sites for hydroxylation is 1. The van der Waals surface area contributed by atoms with Crippen LogP contribution < -0.4 is 0 Å². The normalized spacial score (nSPS) is 12.7. The maximum absolute atomic E-state index is 13.7. The Morgan fingerprint density at radius 1 is 1.05 bits per heavy atom. The van der Waals surface area contributed by atoms with Crippen molar-refractivity contribution in [3.05, 3.63) is 58.9 Å². The molecule has 1 atom stereocenters. The number of hydrogen-bond acceptors (Lipinski definition) is 2. The fourth-order valence-corrected chi connectivity index (χ4v) is 3.24. The van der Waals surface area contributed by atoms with E-state index in [-0.39, 0.29) is 5.82 Å². The zero-order valence-electron chi connectivity index (χ0n) is 12.9. The molecule has 21 heavy (non-hydrogen) atoms. The molecule has 0 aliphatic rings. The van der Waals surface area contributed by atoms with Crippen molar-refractivity contribution >= 4 is 11.8 Å². The molecule has 0 aliphatic heterocycles. The van der Waals surface area contributed by atoms with Gasteiger partial charge in [-0.15, -0.1) is 0 Å². The lowest BCUT2D eigenvalue weighted by Gasteiger charge is -2.14. The summed E-state index contributed by atoms with van der Waals surface area (Å²) in [6.45, 7) is 7.73. The number of aliphatic hydroxyl groups is 1. The lowest BCUT2D eigenvalue weighted by Crippen LogP contribution is -1.97. The van der Waals surface area contributed by atoms with Crippen molar-refractivity contribution in [2.75, 3.05) is 0 Å². The van der Waals surface area contributed by atoms with Gasteiger partial charge in [0.1, 0.15) is 5.82 Å². The molecule has 0 heterocycles. The van der Waals surface area contributed by atoms with Crippen LogP contribution >= 0.6 is 11.8 Å². The molecule has 0 bridgehead atoms. The molecule has 2 rings (SSSR count). The van der Waals surface area contributed by atoms with Crippen molar-refractivity contribution in [1.29, 1.82) is 0 Å². The summed E-state index contributed by atoms with van der Waals surface area (Å²) in [6, 6.07) is 11.6. The van der Waals surface area contributed by atoms with Crippen molar-refractivity contribution in [2.45, 2.75) is 49.5 Å². The van der Waals surface area contributed by atoms with Crippen LogP contribution in [0.3, 0.4) is 0 Å². The summed E-state index contributed by atoms with van der Waals surface area (Å²) in [7, 11) is 0. The standard InChI is InChI=1S/C18H21FOS/c1-11(2)14-5-7-15(8-6-14)21-18-9-12(3)17(19)10-16(18)13(4)20/h5-11,13,20H,1-4H3/t13-/m1/s1. The summed E-state index contributed by atoms with van der Waals surface area (Å²) in [6.07, 6.45) is -0.683. The van der Waals surface area contributed by atoms with Gasteiger partial charge < -0.3 is 5.11 Å². The summed E-state index contributed by atoms with van der Waals surface area (Å²) < 4.78 is 13.7. The second-order valence-corrected chi connectivity index (χ2v) is 6.76. The van der Waals surface area contributed by atoms with Crippen LogP contribution in [0.2, 0.25) is 0 Å². The molecule has 3 heteroatoms. The van der Waals surface area contributed by atoms with Gasteiger partial charge in [-0.1, -0.05) is 37.7 Å². The van der Waals surface area contributed by atoms with Crippen LogP contribution in [0.1, 0.15) is 49.5 Å². The Bertz CT molecular complexity index is 618. The molecule has 0 aromatic heterocycles. The Morgan fingerprint density at radius 2 is 1.67 bits per heavy atom. The van der Waals surface area contributed by atoms with Gasteiger partial charge in [-0.05, 0) is 60.7 Å². The van der Waals surface area contributed by atoms with E-state index in [0.717, 1.165) is 9.79 Å². The van der Waals surface area contributed by atoms with Crippen LogP contribution in [0.5, 0.6) is 0 Å². The highest BCUT2D eigenvalue weighted by molar-refractivity contribution is 7.99. The quantitative estimate of drug-likeness (QED) is 0.809. The van der Waals surface area contributed by atoms with E-state index in [0.29, 0.717) is 17.0 Å². The van der Waals surface area contributed by atoms with Crippen molar-refractivity contribution in [3.63, 3.8) is 0 Å². The SMILES string of the molecule is Cc1cc(Sc2ccc(C(C)C)cc2)c([C@@H](C)O)cc1F. The minimum absolute atomic E-state index is 0.273. The minimum Gasteiger partial charge on any atom is -0.389 e. The van der Waals surface area contributed by atoms with Crippen LogP contribution in [-0.4, -0.2) is 5.11 Å². The molecule has 0 fully saturated rings. The van der Waals surface area contributed by atoms with Crippen LogP contribution in [0.15, 0.2) is 46.2 Å². The van der Waals surface area contributed by atoms with E-state index in [4.69, 9.17) is 0 Å². The van der Waals surface area contributed by atoms with E-state index >= 15 is 0 Å². The van der Waals surface area contributed by atoms with Gasteiger partial charge in [0.25, 0.3) is 0 Å². The monoisotopic (exact) mass is 304 g/mol. The smallest absolute Gasteiger partial charge is 0.126 e. The first-order chi connectivity index (χ1) is 9.88. The number of hydrogen-bond donors (Lipinski definition) is 1. The third kappa shape index (κ3) is 3.86.